The number of nitrogens with zero attached hydrogens (tertiary/aromatic N) is 1. The van der Waals surface area contributed by atoms with Crippen LogP contribution in [0.15, 0.2) is 35.2 Å². The third kappa shape index (κ3) is 5.29. The van der Waals surface area contributed by atoms with Gasteiger partial charge in [-0.3, -0.25) is 4.79 Å². The average Bonchev–Trinajstić information content (AvgIpc) is 2.54. The predicted octanol–water partition coefficient (Wildman–Crippen LogP) is 4.54. The van der Waals surface area contributed by atoms with Gasteiger partial charge in [-0.25, -0.2) is 8.42 Å². The summed E-state index contributed by atoms with van der Waals surface area (Å²) < 4.78 is 66.1. The number of nitrogens with one attached hydrogen (secondary N) is 1. The zero-order chi connectivity index (χ0) is 22.1. The van der Waals surface area contributed by atoms with E-state index in [9.17, 15) is 26.4 Å². The molecule has 0 saturated carbocycles. The average molecular weight is 449 g/mol. The van der Waals surface area contributed by atoms with Crippen LogP contribution in [0.5, 0.6) is 0 Å². The van der Waals surface area contributed by atoms with Crippen LogP contribution in [0.25, 0.3) is 0 Å². The molecule has 0 spiro atoms. The van der Waals surface area contributed by atoms with Crippen LogP contribution < -0.4 is 5.32 Å². The van der Waals surface area contributed by atoms with E-state index in [0.29, 0.717) is 17.2 Å². The first-order valence-corrected chi connectivity index (χ1v) is 10.3. The van der Waals surface area contributed by atoms with Crippen molar-refractivity contribution in [1.29, 1.82) is 0 Å². The molecule has 2 rings (SSSR count). The monoisotopic (exact) mass is 448 g/mol. The molecular weight excluding hydrogens is 429 g/mol. The number of benzene rings is 2. The molecule has 0 aliphatic carbocycles. The number of aryl methyl sites for hydroxylation is 3. The van der Waals surface area contributed by atoms with Gasteiger partial charge in [0.15, 0.2) is 0 Å². The molecule has 29 heavy (non-hydrogen) atoms. The van der Waals surface area contributed by atoms with Crippen LogP contribution in [0.3, 0.4) is 0 Å². The molecule has 0 aliphatic rings. The van der Waals surface area contributed by atoms with Crippen molar-refractivity contribution >= 4 is 33.2 Å². The molecule has 0 unspecified atom stereocenters. The van der Waals surface area contributed by atoms with E-state index in [2.05, 4.69) is 5.32 Å². The summed E-state index contributed by atoms with van der Waals surface area (Å²) in [5.41, 5.74) is 0.315. The number of carbonyl (C=O) groups is 1. The number of likely N-dealkylation sites (N-methyl/N-ethyl adjacent to an activating group) is 1. The maximum absolute atomic E-state index is 13.2. The largest absolute Gasteiger partial charge is 0.418 e. The smallest absolute Gasteiger partial charge is 0.324 e. The fourth-order valence-corrected chi connectivity index (χ4v) is 4.77. The highest BCUT2D eigenvalue weighted by Gasteiger charge is 2.34. The molecule has 0 aromatic heterocycles. The van der Waals surface area contributed by atoms with Crippen molar-refractivity contribution in [2.45, 2.75) is 31.8 Å². The Kier molecular flexibility index (Phi) is 6.66. The van der Waals surface area contributed by atoms with Gasteiger partial charge in [0.2, 0.25) is 15.9 Å². The lowest BCUT2D eigenvalue weighted by Gasteiger charge is -2.21. The topological polar surface area (TPSA) is 66.5 Å². The summed E-state index contributed by atoms with van der Waals surface area (Å²) >= 11 is 5.61. The van der Waals surface area contributed by atoms with E-state index in [1.54, 1.807) is 26.0 Å². The molecule has 0 bridgehead atoms. The lowest BCUT2D eigenvalue weighted by atomic mass is 10.1. The zero-order valence-corrected chi connectivity index (χ0v) is 17.8. The van der Waals surface area contributed by atoms with Gasteiger partial charge in [0.05, 0.1) is 22.7 Å². The van der Waals surface area contributed by atoms with Crippen LogP contribution in [-0.4, -0.2) is 32.2 Å². The van der Waals surface area contributed by atoms with Gasteiger partial charge < -0.3 is 5.32 Å². The molecule has 0 fully saturated rings. The van der Waals surface area contributed by atoms with Crippen molar-refractivity contribution in [3.63, 3.8) is 0 Å². The van der Waals surface area contributed by atoms with E-state index in [-0.39, 0.29) is 9.92 Å². The summed E-state index contributed by atoms with van der Waals surface area (Å²) in [5.74, 6) is -0.911. The molecule has 2 aromatic carbocycles. The molecule has 1 N–H and O–H groups in total. The van der Waals surface area contributed by atoms with Crippen molar-refractivity contribution in [3.8, 4) is 0 Å². The van der Waals surface area contributed by atoms with Gasteiger partial charge in [0, 0.05) is 12.1 Å². The second kappa shape index (κ2) is 8.33. The number of hydrogen-bond acceptors (Lipinski definition) is 3. The first-order valence-electron chi connectivity index (χ1n) is 8.44. The Morgan fingerprint density at radius 1 is 1.10 bits per heavy atom. The van der Waals surface area contributed by atoms with Gasteiger partial charge in [-0.05, 0) is 50.1 Å². The molecular formula is C19H20ClF3N2O3S. The van der Waals surface area contributed by atoms with Crippen molar-refractivity contribution in [3.05, 3.63) is 57.6 Å². The van der Waals surface area contributed by atoms with Crippen molar-refractivity contribution in [2.24, 2.45) is 0 Å². The van der Waals surface area contributed by atoms with E-state index < -0.39 is 39.9 Å². The van der Waals surface area contributed by atoms with E-state index in [1.807, 2.05) is 6.92 Å². The van der Waals surface area contributed by atoms with Crippen LogP contribution in [0, 0.1) is 20.8 Å². The maximum atomic E-state index is 13.2. The lowest BCUT2D eigenvalue weighted by Crippen LogP contribution is -2.36. The van der Waals surface area contributed by atoms with Crippen LogP contribution >= 0.6 is 11.6 Å². The zero-order valence-electron chi connectivity index (χ0n) is 16.2. The van der Waals surface area contributed by atoms with Crippen LogP contribution in [0.4, 0.5) is 18.9 Å². The summed E-state index contributed by atoms with van der Waals surface area (Å²) in [6.45, 7) is 4.46. The van der Waals surface area contributed by atoms with Gasteiger partial charge in [0.1, 0.15) is 0 Å². The molecule has 0 aliphatic heterocycles. The first kappa shape index (κ1) is 23.2. The van der Waals surface area contributed by atoms with Gasteiger partial charge in [0.25, 0.3) is 0 Å². The van der Waals surface area contributed by atoms with Gasteiger partial charge in [-0.1, -0.05) is 29.3 Å². The minimum Gasteiger partial charge on any atom is -0.324 e. The van der Waals surface area contributed by atoms with Crippen LogP contribution in [0.2, 0.25) is 5.02 Å². The second-order valence-corrected chi connectivity index (χ2v) is 9.14. The van der Waals surface area contributed by atoms with Crippen LogP contribution in [0.1, 0.15) is 22.3 Å². The highest BCUT2D eigenvalue weighted by Crippen LogP contribution is 2.36. The van der Waals surface area contributed by atoms with E-state index in [0.717, 1.165) is 15.9 Å². The van der Waals surface area contributed by atoms with E-state index >= 15 is 0 Å². The molecule has 10 heteroatoms. The van der Waals surface area contributed by atoms with Gasteiger partial charge in [-0.2, -0.15) is 17.5 Å². The molecule has 1 amide bonds. The fourth-order valence-electron chi connectivity index (χ4n) is 3.07. The maximum Gasteiger partial charge on any atom is 0.418 e. The Balaban J connectivity index is 2.26. The summed E-state index contributed by atoms with van der Waals surface area (Å²) in [4.78, 5) is 12.3. The first-order chi connectivity index (χ1) is 13.2. The number of amides is 1. The van der Waals surface area contributed by atoms with E-state index in [1.165, 1.54) is 13.1 Å². The Hall–Kier alpha value is -2.10. The molecule has 0 atom stereocenters. The summed E-state index contributed by atoms with van der Waals surface area (Å²) in [5, 5.41) is 1.97. The van der Waals surface area contributed by atoms with E-state index in [4.69, 9.17) is 11.6 Å². The summed E-state index contributed by atoms with van der Waals surface area (Å²) in [6.07, 6.45) is -4.73. The number of rotatable bonds is 5. The third-order valence-electron chi connectivity index (χ3n) is 4.20. The second-order valence-electron chi connectivity index (χ2n) is 6.72. The summed E-state index contributed by atoms with van der Waals surface area (Å²) in [7, 11) is -2.83. The Bertz CT molecular complexity index is 1030. The highest BCUT2D eigenvalue weighted by molar-refractivity contribution is 7.89. The third-order valence-corrected chi connectivity index (χ3v) is 6.55. The number of alkyl halides is 3. The molecule has 5 nitrogen and oxygen atoms in total. The van der Waals surface area contributed by atoms with Crippen molar-refractivity contribution < 1.29 is 26.4 Å². The van der Waals surface area contributed by atoms with Gasteiger partial charge >= 0.3 is 6.18 Å². The Morgan fingerprint density at radius 3 is 2.17 bits per heavy atom. The molecule has 0 saturated heterocycles. The normalized spacial score (nSPS) is 12.3. The number of carbonyl (C=O) groups excluding carboxylic acids is 1. The molecule has 0 heterocycles. The Labute approximate surface area is 172 Å². The Morgan fingerprint density at radius 2 is 1.66 bits per heavy atom. The number of hydrogen-bond donors (Lipinski definition) is 1. The number of sulfonamides is 1. The summed E-state index contributed by atoms with van der Waals surface area (Å²) in [6, 6.07) is 6.32. The fraction of sp³-hybridized carbons (Fsp3) is 0.316. The van der Waals surface area contributed by atoms with Gasteiger partial charge in [-0.15, -0.1) is 0 Å². The number of anilines is 1. The predicted molar refractivity (Wildman–Crippen MR) is 106 cm³/mol. The molecule has 158 valence electrons. The minimum absolute atomic E-state index is 0.0703. The van der Waals surface area contributed by atoms with Crippen molar-refractivity contribution in [1.82, 2.24) is 4.31 Å². The minimum atomic E-state index is -4.73. The molecule has 0 radical (unpaired) electrons. The van der Waals surface area contributed by atoms with Crippen LogP contribution in [-0.2, 0) is 21.0 Å². The standard InChI is InChI=1S/C19H20ClF3N2O3S/c1-11-7-12(2)18(13(3)8-11)29(27,28)25(4)10-17(26)24-16-6-5-14(20)9-15(16)19(21,22)23/h5-9H,10H2,1-4H3,(H,24,26). The lowest BCUT2D eigenvalue weighted by molar-refractivity contribution is -0.137. The quantitative estimate of drug-likeness (QED) is 0.730. The molecule has 2 aromatic rings. The van der Waals surface area contributed by atoms with Crippen molar-refractivity contribution in [2.75, 3.05) is 18.9 Å². The number of halogens is 4. The highest BCUT2D eigenvalue weighted by atomic mass is 35.5. The SMILES string of the molecule is Cc1cc(C)c(S(=O)(=O)N(C)CC(=O)Nc2ccc(Cl)cc2C(F)(F)F)c(C)c1.